The van der Waals surface area contributed by atoms with Crippen molar-refractivity contribution in [3.05, 3.63) is 29.8 Å². The molecule has 3 N–H and O–H groups in total. The van der Waals surface area contributed by atoms with Gasteiger partial charge < -0.3 is 16.0 Å². The molecule has 1 atom stereocenters. The minimum absolute atomic E-state index is 0.149. The zero-order chi connectivity index (χ0) is 14.8. The number of nitrogens with two attached hydrogens (primary N) is 1. The summed E-state index contributed by atoms with van der Waals surface area (Å²) in [6.07, 6.45) is 0.524. The van der Waals surface area contributed by atoms with Gasteiger partial charge in [0.05, 0.1) is 16.2 Å². The first-order valence-corrected chi connectivity index (χ1v) is 8.49. The van der Waals surface area contributed by atoms with Gasteiger partial charge in [0.1, 0.15) is 0 Å². The monoisotopic (exact) mass is 297 g/mol. The van der Waals surface area contributed by atoms with Crippen LogP contribution >= 0.6 is 0 Å². The molecule has 0 saturated carbocycles. The number of fused-ring (bicyclic) bond motifs is 1. The lowest BCUT2D eigenvalue weighted by Crippen LogP contribution is -2.53. The van der Waals surface area contributed by atoms with Gasteiger partial charge in [0.25, 0.3) is 0 Å². The molecular weight excluding hydrogens is 274 g/mol. The second-order valence-corrected chi connectivity index (χ2v) is 7.66. The maximum atomic E-state index is 12.2. The van der Waals surface area contributed by atoms with E-state index in [0.29, 0.717) is 17.9 Å². The van der Waals surface area contributed by atoms with Crippen LogP contribution in [0.1, 0.15) is 12.0 Å². The molecule has 6 heteroatoms. The van der Waals surface area contributed by atoms with Crippen molar-refractivity contribution in [1.82, 2.24) is 10.2 Å². The smallest absolute Gasteiger partial charge is 0.178 e. The topological polar surface area (TPSA) is 75.4 Å². The van der Waals surface area contributed by atoms with Crippen LogP contribution in [0.15, 0.2) is 29.2 Å². The van der Waals surface area contributed by atoms with Crippen LogP contribution in [-0.4, -0.2) is 52.8 Å². The zero-order valence-corrected chi connectivity index (χ0v) is 12.9. The summed E-state index contributed by atoms with van der Waals surface area (Å²) < 4.78 is 24.4. The van der Waals surface area contributed by atoms with Gasteiger partial charge in [0, 0.05) is 19.6 Å². The maximum absolute atomic E-state index is 12.2. The molecule has 0 bridgehead atoms. The fraction of sp³-hybridized carbons (Fsp3) is 0.571. The van der Waals surface area contributed by atoms with E-state index in [1.807, 2.05) is 26.2 Å². The summed E-state index contributed by atoms with van der Waals surface area (Å²) in [6.45, 7) is 2.06. The summed E-state index contributed by atoms with van der Waals surface area (Å²) in [4.78, 5) is 2.51. The third kappa shape index (κ3) is 2.88. The van der Waals surface area contributed by atoms with Crippen molar-refractivity contribution < 1.29 is 8.42 Å². The Morgan fingerprint density at radius 1 is 1.35 bits per heavy atom. The predicted octanol–water partition coefficient (Wildman–Crippen LogP) is 0.169. The highest BCUT2D eigenvalue weighted by Gasteiger charge is 2.40. The molecule has 2 rings (SSSR count). The number of hydrogen-bond donors (Lipinski definition) is 2. The van der Waals surface area contributed by atoms with E-state index in [0.717, 1.165) is 18.7 Å². The molecule has 0 aliphatic carbocycles. The van der Waals surface area contributed by atoms with Crippen molar-refractivity contribution in [3.8, 4) is 0 Å². The van der Waals surface area contributed by atoms with Crippen LogP contribution in [0, 0.1) is 0 Å². The second kappa shape index (κ2) is 5.81. The normalized spacial score (nSPS) is 24.6. The van der Waals surface area contributed by atoms with E-state index in [2.05, 4.69) is 10.2 Å². The number of hydrogen-bond acceptors (Lipinski definition) is 5. The summed E-state index contributed by atoms with van der Waals surface area (Å²) in [6, 6.07) is 7.20. The molecule has 0 fully saturated rings. The molecule has 1 unspecified atom stereocenters. The maximum Gasteiger partial charge on any atom is 0.178 e. The Labute approximate surface area is 121 Å². The van der Waals surface area contributed by atoms with Gasteiger partial charge in [-0.15, -0.1) is 0 Å². The lowest BCUT2D eigenvalue weighted by atomic mass is 9.86. The van der Waals surface area contributed by atoms with Gasteiger partial charge in [-0.25, -0.2) is 8.42 Å². The van der Waals surface area contributed by atoms with Gasteiger partial charge >= 0.3 is 0 Å². The zero-order valence-electron chi connectivity index (χ0n) is 12.1. The minimum atomic E-state index is -3.17. The van der Waals surface area contributed by atoms with E-state index in [1.54, 1.807) is 12.1 Å². The molecule has 1 aromatic carbocycles. The molecule has 0 aromatic heterocycles. The molecule has 1 aliphatic rings. The Kier molecular flexibility index (Phi) is 4.49. The van der Waals surface area contributed by atoms with E-state index in [4.69, 9.17) is 5.73 Å². The molecule has 20 heavy (non-hydrogen) atoms. The van der Waals surface area contributed by atoms with Crippen LogP contribution in [0.3, 0.4) is 0 Å². The van der Waals surface area contributed by atoms with Crippen LogP contribution < -0.4 is 11.1 Å². The quantitative estimate of drug-likeness (QED) is 0.810. The van der Waals surface area contributed by atoms with Crippen LogP contribution in [0.4, 0.5) is 0 Å². The number of sulfone groups is 1. The van der Waals surface area contributed by atoms with Gasteiger partial charge in [-0.1, -0.05) is 18.2 Å². The largest absolute Gasteiger partial charge is 0.328 e. The van der Waals surface area contributed by atoms with Gasteiger partial charge in [-0.05, 0) is 32.1 Å². The number of rotatable bonds is 5. The first-order valence-electron chi connectivity index (χ1n) is 6.83. The fourth-order valence-electron chi connectivity index (χ4n) is 2.67. The Morgan fingerprint density at radius 3 is 2.70 bits per heavy atom. The van der Waals surface area contributed by atoms with E-state index in [1.165, 1.54) is 0 Å². The molecule has 5 nitrogen and oxygen atoms in total. The summed E-state index contributed by atoms with van der Waals surface area (Å²) in [5.41, 5.74) is 6.37. The Balaban J connectivity index is 2.35. The highest BCUT2D eigenvalue weighted by molar-refractivity contribution is 7.91. The first kappa shape index (κ1) is 15.4. The van der Waals surface area contributed by atoms with E-state index >= 15 is 0 Å². The summed E-state index contributed by atoms with van der Waals surface area (Å²) >= 11 is 0. The van der Waals surface area contributed by atoms with Gasteiger partial charge in [0.15, 0.2) is 9.84 Å². The average Bonchev–Trinajstić information content (AvgIpc) is 2.42. The standard InChI is InChI=1S/C14H23N3O2S/c1-17(2)9-8-16-14(11-15)7-10-20(18,19)13-6-4-3-5-12(13)14/h3-6,16H,7-11,15H2,1-2H3. The first-order chi connectivity index (χ1) is 9.41. The van der Waals surface area contributed by atoms with Gasteiger partial charge in [0.2, 0.25) is 0 Å². The predicted molar refractivity (Wildman–Crippen MR) is 80.4 cm³/mol. The van der Waals surface area contributed by atoms with Crippen molar-refractivity contribution in [1.29, 1.82) is 0 Å². The highest BCUT2D eigenvalue weighted by atomic mass is 32.2. The molecule has 0 saturated heterocycles. The third-order valence-electron chi connectivity index (χ3n) is 3.91. The van der Waals surface area contributed by atoms with Crippen LogP contribution in [0.25, 0.3) is 0 Å². The van der Waals surface area contributed by atoms with Crippen LogP contribution in [-0.2, 0) is 15.4 Å². The van der Waals surface area contributed by atoms with E-state index in [-0.39, 0.29) is 5.75 Å². The van der Waals surface area contributed by atoms with Crippen molar-refractivity contribution in [2.45, 2.75) is 16.9 Å². The van der Waals surface area contributed by atoms with Gasteiger partial charge in [-0.2, -0.15) is 0 Å². The summed E-state index contributed by atoms with van der Waals surface area (Å²) in [7, 11) is 0.849. The molecular formula is C14H23N3O2S. The average molecular weight is 297 g/mol. The van der Waals surface area contributed by atoms with Crippen molar-refractivity contribution in [2.24, 2.45) is 5.73 Å². The Bertz CT molecular complexity index is 572. The molecule has 0 radical (unpaired) electrons. The lowest BCUT2D eigenvalue weighted by Gasteiger charge is -2.39. The SMILES string of the molecule is CN(C)CCNC1(CN)CCS(=O)(=O)c2ccccc21. The molecule has 1 aliphatic heterocycles. The minimum Gasteiger partial charge on any atom is -0.328 e. The Morgan fingerprint density at radius 2 is 2.05 bits per heavy atom. The Hall–Kier alpha value is -0.950. The van der Waals surface area contributed by atoms with Gasteiger partial charge in [-0.3, -0.25) is 0 Å². The number of nitrogens with one attached hydrogen (secondary N) is 1. The summed E-state index contributed by atoms with van der Waals surface area (Å²) in [5.74, 6) is 0.149. The van der Waals surface area contributed by atoms with E-state index < -0.39 is 15.4 Å². The molecule has 0 spiro atoms. The molecule has 1 aromatic rings. The van der Waals surface area contributed by atoms with Crippen molar-refractivity contribution in [2.75, 3.05) is 39.5 Å². The number of benzene rings is 1. The lowest BCUT2D eigenvalue weighted by molar-refractivity contribution is 0.293. The molecule has 112 valence electrons. The van der Waals surface area contributed by atoms with Crippen LogP contribution in [0.5, 0.6) is 0 Å². The number of likely N-dealkylation sites (N-methyl/N-ethyl adjacent to an activating group) is 1. The van der Waals surface area contributed by atoms with E-state index in [9.17, 15) is 8.42 Å². The highest BCUT2D eigenvalue weighted by Crippen LogP contribution is 2.36. The number of nitrogens with zero attached hydrogens (tertiary/aromatic N) is 1. The second-order valence-electron chi connectivity index (χ2n) is 5.58. The van der Waals surface area contributed by atoms with Crippen LogP contribution in [0.2, 0.25) is 0 Å². The molecule has 1 heterocycles. The van der Waals surface area contributed by atoms with Crippen molar-refractivity contribution >= 4 is 9.84 Å². The third-order valence-corrected chi connectivity index (χ3v) is 5.67. The van der Waals surface area contributed by atoms with Crippen molar-refractivity contribution in [3.63, 3.8) is 0 Å². The molecule has 0 amide bonds. The fourth-order valence-corrected chi connectivity index (χ4v) is 4.39. The summed E-state index contributed by atoms with van der Waals surface area (Å²) in [5, 5.41) is 3.48.